The van der Waals surface area contributed by atoms with Crippen LogP contribution < -0.4 is 14.2 Å². The van der Waals surface area contributed by atoms with E-state index in [9.17, 15) is 5.11 Å². The normalized spacial score (nSPS) is 11.8. The first-order valence-electron chi connectivity index (χ1n) is 6.76. The van der Waals surface area contributed by atoms with Gasteiger partial charge in [-0.2, -0.15) is 0 Å². The van der Waals surface area contributed by atoms with Crippen molar-refractivity contribution in [3.63, 3.8) is 0 Å². The monoisotopic (exact) mass is 288 g/mol. The molecule has 112 valence electrons. The topological polar surface area (TPSA) is 47.9 Å². The lowest BCUT2D eigenvalue weighted by atomic mass is 10.1. The van der Waals surface area contributed by atoms with Crippen molar-refractivity contribution in [2.24, 2.45) is 0 Å². The van der Waals surface area contributed by atoms with Crippen molar-refractivity contribution in [3.8, 4) is 17.2 Å². The summed E-state index contributed by atoms with van der Waals surface area (Å²) in [6.45, 7) is 2.06. The molecule has 21 heavy (non-hydrogen) atoms. The summed E-state index contributed by atoms with van der Waals surface area (Å²) in [6, 6.07) is 13.1. The van der Waals surface area contributed by atoms with Gasteiger partial charge in [0.15, 0.2) is 0 Å². The van der Waals surface area contributed by atoms with Crippen molar-refractivity contribution in [1.82, 2.24) is 0 Å². The maximum Gasteiger partial charge on any atom is 0.129 e. The molecule has 4 heteroatoms. The third-order valence-electron chi connectivity index (χ3n) is 3.25. The summed E-state index contributed by atoms with van der Waals surface area (Å²) in [5, 5.41) is 9.82. The van der Waals surface area contributed by atoms with E-state index in [4.69, 9.17) is 14.2 Å². The number of aliphatic hydroxyl groups is 1. The number of aliphatic hydroxyl groups excluding tert-OH is 1. The van der Waals surface area contributed by atoms with Crippen molar-refractivity contribution in [3.05, 3.63) is 53.6 Å². The first kappa shape index (κ1) is 15.2. The highest BCUT2D eigenvalue weighted by Crippen LogP contribution is 2.30. The van der Waals surface area contributed by atoms with E-state index in [1.54, 1.807) is 39.3 Å². The number of benzene rings is 2. The Morgan fingerprint density at radius 2 is 1.76 bits per heavy atom. The lowest BCUT2D eigenvalue weighted by Gasteiger charge is -2.15. The van der Waals surface area contributed by atoms with E-state index in [0.29, 0.717) is 18.1 Å². The number of methoxy groups -OCH3 is 2. The Bertz CT molecular complexity index is 593. The van der Waals surface area contributed by atoms with Gasteiger partial charge in [-0.25, -0.2) is 0 Å². The second kappa shape index (κ2) is 6.99. The lowest BCUT2D eigenvalue weighted by molar-refractivity contribution is 0.189. The predicted octanol–water partition coefficient (Wildman–Crippen LogP) is 3.34. The van der Waals surface area contributed by atoms with Crippen LogP contribution in [0.5, 0.6) is 17.2 Å². The molecule has 0 aliphatic carbocycles. The summed E-state index contributed by atoms with van der Waals surface area (Å²) in [7, 11) is 3.23. The van der Waals surface area contributed by atoms with Crippen molar-refractivity contribution < 1.29 is 19.3 Å². The number of para-hydroxylation sites is 1. The SMILES string of the molecule is COc1ccc(C(C)O)c(OCc2ccccc2OC)c1. The van der Waals surface area contributed by atoms with Crippen LogP contribution in [0.3, 0.4) is 0 Å². The van der Waals surface area contributed by atoms with Crippen molar-refractivity contribution in [1.29, 1.82) is 0 Å². The Labute approximate surface area is 124 Å². The zero-order chi connectivity index (χ0) is 15.2. The summed E-state index contributed by atoms with van der Waals surface area (Å²) in [6.07, 6.45) is -0.608. The quantitative estimate of drug-likeness (QED) is 0.885. The Balaban J connectivity index is 2.22. The van der Waals surface area contributed by atoms with Gasteiger partial charge in [-0.15, -0.1) is 0 Å². The summed E-state index contributed by atoms with van der Waals surface area (Å²) in [5.74, 6) is 2.07. The maximum atomic E-state index is 9.82. The van der Waals surface area contributed by atoms with E-state index in [-0.39, 0.29) is 0 Å². The highest BCUT2D eigenvalue weighted by molar-refractivity contribution is 5.42. The molecule has 1 atom stereocenters. The Morgan fingerprint density at radius 3 is 2.43 bits per heavy atom. The van der Waals surface area contributed by atoms with E-state index in [2.05, 4.69) is 0 Å². The average molecular weight is 288 g/mol. The molecular weight excluding hydrogens is 268 g/mol. The summed E-state index contributed by atoms with van der Waals surface area (Å²) < 4.78 is 16.4. The molecular formula is C17H20O4. The first-order valence-corrected chi connectivity index (χ1v) is 6.76. The van der Waals surface area contributed by atoms with Crippen LogP contribution in [0.1, 0.15) is 24.2 Å². The standard InChI is InChI=1S/C17H20O4/c1-12(18)15-9-8-14(19-2)10-17(15)21-11-13-6-4-5-7-16(13)20-3/h4-10,12,18H,11H2,1-3H3. The van der Waals surface area contributed by atoms with Gasteiger partial charge in [0, 0.05) is 17.2 Å². The lowest BCUT2D eigenvalue weighted by Crippen LogP contribution is -2.03. The minimum atomic E-state index is -0.608. The van der Waals surface area contributed by atoms with Gasteiger partial charge < -0.3 is 19.3 Å². The summed E-state index contributed by atoms with van der Waals surface area (Å²) >= 11 is 0. The minimum Gasteiger partial charge on any atom is -0.497 e. The van der Waals surface area contributed by atoms with Crippen LogP contribution in [-0.2, 0) is 6.61 Å². The molecule has 0 radical (unpaired) electrons. The smallest absolute Gasteiger partial charge is 0.129 e. The van der Waals surface area contributed by atoms with Crippen LogP contribution in [0.4, 0.5) is 0 Å². The van der Waals surface area contributed by atoms with E-state index in [1.807, 2.05) is 24.3 Å². The molecule has 0 amide bonds. The molecule has 1 unspecified atom stereocenters. The van der Waals surface area contributed by atoms with E-state index in [0.717, 1.165) is 16.9 Å². The molecule has 4 nitrogen and oxygen atoms in total. The zero-order valence-electron chi connectivity index (χ0n) is 12.5. The molecule has 0 aliphatic heterocycles. The molecule has 0 bridgehead atoms. The fourth-order valence-corrected chi connectivity index (χ4v) is 2.09. The van der Waals surface area contributed by atoms with Gasteiger partial charge in [0.05, 0.1) is 20.3 Å². The minimum absolute atomic E-state index is 0.358. The van der Waals surface area contributed by atoms with Gasteiger partial charge in [0.2, 0.25) is 0 Å². The summed E-state index contributed by atoms with van der Waals surface area (Å²) in [5.41, 5.74) is 1.67. The Morgan fingerprint density at radius 1 is 1.00 bits per heavy atom. The van der Waals surface area contributed by atoms with Crippen LogP contribution in [0.15, 0.2) is 42.5 Å². The van der Waals surface area contributed by atoms with Crippen LogP contribution >= 0.6 is 0 Å². The molecule has 2 aromatic carbocycles. The first-order chi connectivity index (χ1) is 10.2. The second-order valence-corrected chi connectivity index (χ2v) is 4.68. The van der Waals surface area contributed by atoms with Crippen molar-refractivity contribution >= 4 is 0 Å². The largest absolute Gasteiger partial charge is 0.497 e. The number of hydrogen-bond donors (Lipinski definition) is 1. The van der Waals surface area contributed by atoms with E-state index >= 15 is 0 Å². The highest BCUT2D eigenvalue weighted by Gasteiger charge is 2.12. The molecule has 1 N–H and O–H groups in total. The molecule has 2 aromatic rings. The molecule has 2 rings (SSSR count). The predicted molar refractivity (Wildman–Crippen MR) is 81.0 cm³/mol. The fourth-order valence-electron chi connectivity index (χ4n) is 2.09. The van der Waals surface area contributed by atoms with Gasteiger partial charge in [-0.05, 0) is 25.1 Å². The number of rotatable bonds is 6. The van der Waals surface area contributed by atoms with Crippen LogP contribution in [0.2, 0.25) is 0 Å². The molecule has 0 fully saturated rings. The molecule has 0 aromatic heterocycles. The Kier molecular flexibility index (Phi) is 5.06. The Hall–Kier alpha value is -2.20. The second-order valence-electron chi connectivity index (χ2n) is 4.68. The van der Waals surface area contributed by atoms with Gasteiger partial charge in [0.1, 0.15) is 23.9 Å². The summed E-state index contributed by atoms with van der Waals surface area (Å²) in [4.78, 5) is 0. The third-order valence-corrected chi connectivity index (χ3v) is 3.25. The van der Waals surface area contributed by atoms with Crippen LogP contribution in [0.25, 0.3) is 0 Å². The number of hydrogen-bond acceptors (Lipinski definition) is 4. The van der Waals surface area contributed by atoms with Gasteiger partial charge >= 0.3 is 0 Å². The van der Waals surface area contributed by atoms with E-state index < -0.39 is 6.10 Å². The fraction of sp³-hybridized carbons (Fsp3) is 0.294. The van der Waals surface area contributed by atoms with E-state index in [1.165, 1.54) is 0 Å². The third kappa shape index (κ3) is 3.67. The van der Waals surface area contributed by atoms with Gasteiger partial charge in [0.25, 0.3) is 0 Å². The van der Waals surface area contributed by atoms with Crippen molar-refractivity contribution in [2.75, 3.05) is 14.2 Å². The van der Waals surface area contributed by atoms with Gasteiger partial charge in [-0.3, -0.25) is 0 Å². The zero-order valence-corrected chi connectivity index (χ0v) is 12.5. The molecule has 0 spiro atoms. The molecule has 0 aliphatic rings. The molecule has 0 saturated carbocycles. The molecule has 0 heterocycles. The maximum absolute atomic E-state index is 9.82. The van der Waals surface area contributed by atoms with Crippen LogP contribution in [0, 0.1) is 0 Å². The van der Waals surface area contributed by atoms with Crippen LogP contribution in [-0.4, -0.2) is 19.3 Å². The number of ether oxygens (including phenoxy) is 3. The van der Waals surface area contributed by atoms with Gasteiger partial charge in [-0.1, -0.05) is 18.2 Å². The average Bonchev–Trinajstić information content (AvgIpc) is 2.52. The molecule has 0 saturated heterocycles. The highest BCUT2D eigenvalue weighted by atomic mass is 16.5. The van der Waals surface area contributed by atoms with Crippen molar-refractivity contribution in [2.45, 2.75) is 19.6 Å².